The zero-order valence-corrected chi connectivity index (χ0v) is 12.3. The Morgan fingerprint density at radius 1 is 0.857 bits per heavy atom. The lowest BCUT2D eigenvalue weighted by molar-refractivity contribution is 0.0405. The van der Waals surface area contributed by atoms with E-state index in [2.05, 4.69) is 0 Å². The van der Waals surface area contributed by atoms with Crippen molar-refractivity contribution in [2.45, 2.75) is 39.9 Å². The number of carbonyl (C=O) groups is 2. The van der Waals surface area contributed by atoms with Gasteiger partial charge in [-0.15, -0.1) is 0 Å². The summed E-state index contributed by atoms with van der Waals surface area (Å²) in [5.74, 6) is 0.868. The molecule has 0 saturated carbocycles. The number of hydrogen-bond acceptors (Lipinski definition) is 7. The Morgan fingerprint density at radius 2 is 1.29 bits per heavy atom. The molecule has 7 nitrogen and oxygen atoms in total. The smallest absolute Gasteiger partial charge is 0.459 e. The maximum absolute atomic E-state index is 11.1. The summed E-state index contributed by atoms with van der Waals surface area (Å²) in [5.41, 5.74) is 0. The van der Waals surface area contributed by atoms with Crippen LogP contribution in [0.3, 0.4) is 0 Å². The van der Waals surface area contributed by atoms with Crippen LogP contribution in [0.1, 0.15) is 38.2 Å². The van der Waals surface area contributed by atoms with Crippen LogP contribution in [0.25, 0.3) is 0 Å². The van der Waals surface area contributed by atoms with Crippen molar-refractivity contribution >= 4 is 12.3 Å². The Morgan fingerprint density at radius 3 is 1.67 bits per heavy atom. The molecule has 21 heavy (non-hydrogen) atoms. The van der Waals surface area contributed by atoms with E-state index in [1.54, 1.807) is 12.1 Å². The molecule has 1 aromatic rings. The van der Waals surface area contributed by atoms with Crippen LogP contribution in [0, 0.1) is 0 Å². The Kier molecular flexibility index (Phi) is 7.78. The van der Waals surface area contributed by atoms with Crippen LogP contribution >= 0.6 is 0 Å². The molecule has 0 atom stereocenters. The van der Waals surface area contributed by atoms with Gasteiger partial charge in [-0.1, -0.05) is 13.8 Å². The quantitative estimate of drug-likeness (QED) is 0.680. The molecule has 1 aromatic heterocycles. The van der Waals surface area contributed by atoms with Gasteiger partial charge in [0.05, 0.1) is 13.2 Å². The summed E-state index contributed by atoms with van der Waals surface area (Å²) in [5, 5.41) is 0. The standard InChI is InChI=1S/C14H20O7/c1-3-7-17-13(15)19-9-11-5-6-12(21-11)10-20-14(16)18-8-4-2/h5-6H,3-4,7-10H2,1-2H3. The molecule has 0 saturated heterocycles. The minimum Gasteiger partial charge on any atom is -0.459 e. The molecule has 0 radical (unpaired) electrons. The van der Waals surface area contributed by atoms with Gasteiger partial charge in [-0.2, -0.15) is 0 Å². The highest BCUT2D eigenvalue weighted by atomic mass is 16.7. The number of ether oxygens (including phenoxy) is 4. The van der Waals surface area contributed by atoms with E-state index in [4.69, 9.17) is 23.4 Å². The second-order valence-electron chi connectivity index (χ2n) is 4.14. The predicted molar refractivity (Wildman–Crippen MR) is 71.6 cm³/mol. The minimum absolute atomic E-state index is 0.0389. The molecule has 0 aromatic carbocycles. The fourth-order valence-electron chi connectivity index (χ4n) is 1.29. The Balaban J connectivity index is 2.26. The molecule has 0 aliphatic rings. The lowest BCUT2D eigenvalue weighted by atomic mass is 10.4. The summed E-state index contributed by atoms with van der Waals surface area (Å²) in [4.78, 5) is 22.3. The molecule has 7 heteroatoms. The summed E-state index contributed by atoms with van der Waals surface area (Å²) in [6, 6.07) is 3.26. The van der Waals surface area contributed by atoms with Gasteiger partial charge >= 0.3 is 12.3 Å². The predicted octanol–water partition coefficient (Wildman–Crippen LogP) is 3.41. The molecular formula is C14H20O7. The number of carbonyl (C=O) groups excluding carboxylic acids is 2. The van der Waals surface area contributed by atoms with Crippen molar-refractivity contribution in [1.82, 2.24) is 0 Å². The van der Waals surface area contributed by atoms with Crippen molar-refractivity contribution in [3.05, 3.63) is 23.7 Å². The third kappa shape index (κ3) is 7.24. The number of furan rings is 1. The van der Waals surface area contributed by atoms with Crippen LogP contribution in [-0.4, -0.2) is 25.5 Å². The van der Waals surface area contributed by atoms with Crippen LogP contribution in [-0.2, 0) is 32.2 Å². The first kappa shape index (κ1) is 16.9. The highest BCUT2D eigenvalue weighted by Crippen LogP contribution is 2.11. The van der Waals surface area contributed by atoms with E-state index in [1.807, 2.05) is 13.8 Å². The van der Waals surface area contributed by atoms with Gasteiger partial charge < -0.3 is 23.4 Å². The largest absolute Gasteiger partial charge is 0.508 e. The average molecular weight is 300 g/mol. The molecule has 1 rings (SSSR count). The van der Waals surface area contributed by atoms with Crippen LogP contribution in [0.5, 0.6) is 0 Å². The van der Waals surface area contributed by atoms with E-state index in [9.17, 15) is 9.59 Å². The Labute approximate surface area is 123 Å². The molecule has 0 unspecified atom stereocenters. The molecule has 1 heterocycles. The number of rotatable bonds is 8. The fraction of sp³-hybridized carbons (Fsp3) is 0.571. The van der Waals surface area contributed by atoms with Crippen molar-refractivity contribution in [2.75, 3.05) is 13.2 Å². The molecule has 0 aliphatic carbocycles. The van der Waals surface area contributed by atoms with Gasteiger partial charge in [0, 0.05) is 0 Å². The molecule has 118 valence electrons. The van der Waals surface area contributed by atoms with E-state index in [0.717, 1.165) is 12.8 Å². The van der Waals surface area contributed by atoms with Crippen molar-refractivity contribution in [3.63, 3.8) is 0 Å². The summed E-state index contributed by atoms with van der Waals surface area (Å²) in [6.45, 7) is 4.33. The maximum Gasteiger partial charge on any atom is 0.508 e. The third-order valence-electron chi connectivity index (χ3n) is 2.23. The monoisotopic (exact) mass is 300 g/mol. The van der Waals surface area contributed by atoms with E-state index < -0.39 is 12.3 Å². The molecule has 0 fully saturated rings. The topological polar surface area (TPSA) is 84.2 Å². The van der Waals surface area contributed by atoms with Gasteiger partial charge in [0.15, 0.2) is 13.2 Å². The molecule has 0 bridgehead atoms. The van der Waals surface area contributed by atoms with Crippen molar-refractivity contribution < 1.29 is 33.0 Å². The molecule has 0 spiro atoms. The van der Waals surface area contributed by atoms with Crippen LogP contribution < -0.4 is 0 Å². The molecule has 0 amide bonds. The first-order valence-electron chi connectivity index (χ1n) is 6.82. The molecule has 0 N–H and O–H groups in total. The van der Waals surface area contributed by atoms with Gasteiger partial charge in [-0.3, -0.25) is 0 Å². The zero-order valence-electron chi connectivity index (χ0n) is 12.3. The molecule has 0 aliphatic heterocycles. The van der Waals surface area contributed by atoms with Crippen molar-refractivity contribution in [1.29, 1.82) is 0 Å². The van der Waals surface area contributed by atoms with Crippen LogP contribution in [0.15, 0.2) is 16.5 Å². The van der Waals surface area contributed by atoms with Crippen molar-refractivity contribution in [2.24, 2.45) is 0 Å². The summed E-state index contributed by atoms with van der Waals surface area (Å²) >= 11 is 0. The van der Waals surface area contributed by atoms with Gasteiger partial charge in [-0.25, -0.2) is 9.59 Å². The van der Waals surface area contributed by atoms with Gasteiger partial charge in [0.1, 0.15) is 11.5 Å². The highest BCUT2D eigenvalue weighted by Gasteiger charge is 2.09. The van der Waals surface area contributed by atoms with E-state index in [-0.39, 0.29) is 13.2 Å². The van der Waals surface area contributed by atoms with Crippen molar-refractivity contribution in [3.8, 4) is 0 Å². The molecular weight excluding hydrogens is 280 g/mol. The fourth-order valence-corrected chi connectivity index (χ4v) is 1.29. The number of hydrogen-bond donors (Lipinski definition) is 0. The average Bonchev–Trinajstić information content (AvgIpc) is 2.94. The lowest BCUT2D eigenvalue weighted by Gasteiger charge is -2.04. The normalized spacial score (nSPS) is 10.0. The van der Waals surface area contributed by atoms with E-state index in [1.165, 1.54) is 0 Å². The lowest BCUT2D eigenvalue weighted by Crippen LogP contribution is -2.08. The SMILES string of the molecule is CCCOC(=O)OCc1ccc(COC(=O)OCCC)o1. The second kappa shape index (κ2) is 9.68. The maximum atomic E-state index is 11.1. The zero-order chi connectivity index (χ0) is 15.5. The van der Waals surface area contributed by atoms with Crippen LogP contribution in [0.4, 0.5) is 9.59 Å². The van der Waals surface area contributed by atoms with E-state index in [0.29, 0.717) is 24.7 Å². The minimum atomic E-state index is -0.741. The summed E-state index contributed by atoms with van der Waals surface area (Å²) in [6.07, 6.45) is -0.0277. The second-order valence-corrected chi connectivity index (χ2v) is 4.14. The van der Waals surface area contributed by atoms with Gasteiger partial charge in [0.2, 0.25) is 0 Å². The first-order valence-corrected chi connectivity index (χ1v) is 6.82. The summed E-state index contributed by atoms with van der Waals surface area (Å²) in [7, 11) is 0. The first-order chi connectivity index (χ1) is 10.2. The van der Waals surface area contributed by atoms with E-state index >= 15 is 0 Å². The van der Waals surface area contributed by atoms with Crippen LogP contribution in [0.2, 0.25) is 0 Å². The Hall–Kier alpha value is -2.18. The Bertz CT molecular complexity index is 400. The summed E-state index contributed by atoms with van der Waals surface area (Å²) < 4.78 is 24.5. The third-order valence-corrected chi connectivity index (χ3v) is 2.23. The van der Waals surface area contributed by atoms with Gasteiger partial charge in [-0.05, 0) is 25.0 Å². The highest BCUT2D eigenvalue weighted by molar-refractivity contribution is 5.60. The van der Waals surface area contributed by atoms with Gasteiger partial charge in [0.25, 0.3) is 0 Å².